The Morgan fingerprint density at radius 3 is 2.19 bits per heavy atom. The van der Waals surface area contributed by atoms with Crippen molar-refractivity contribution in [3.8, 4) is 0 Å². The number of benzene rings is 2. The minimum atomic E-state index is -0.0278. The molecule has 0 saturated carbocycles. The van der Waals surface area contributed by atoms with Gasteiger partial charge in [-0.15, -0.1) is 11.8 Å². The molecule has 2 aromatic carbocycles. The summed E-state index contributed by atoms with van der Waals surface area (Å²) in [6, 6.07) is 17.3. The second kappa shape index (κ2) is 9.88. The number of carbonyl (C=O) groups excluding carboxylic acids is 2. The smallest absolute Gasteiger partial charge is 0.251 e. The number of para-hydroxylation sites is 1. The van der Waals surface area contributed by atoms with Gasteiger partial charge in [-0.25, -0.2) is 0 Å². The number of hydrogen-bond donors (Lipinski definition) is 3. The molecule has 1 heterocycles. The zero-order valence-corrected chi connectivity index (χ0v) is 19.6. The maximum Gasteiger partial charge on any atom is 0.251 e. The van der Waals surface area contributed by atoms with Crippen molar-refractivity contribution in [1.82, 2.24) is 10.6 Å². The predicted octanol–water partition coefficient (Wildman–Crippen LogP) is 4.60. The first kappa shape index (κ1) is 23.4. The van der Waals surface area contributed by atoms with Crippen molar-refractivity contribution in [2.75, 3.05) is 11.1 Å². The van der Waals surface area contributed by atoms with Crippen LogP contribution < -0.4 is 16.0 Å². The van der Waals surface area contributed by atoms with E-state index in [-0.39, 0.29) is 28.9 Å². The predicted molar refractivity (Wildman–Crippen MR) is 129 cm³/mol. The van der Waals surface area contributed by atoms with E-state index in [4.69, 9.17) is 0 Å². The van der Waals surface area contributed by atoms with Crippen molar-refractivity contribution in [2.45, 2.75) is 63.4 Å². The molecule has 1 aliphatic heterocycles. The minimum Gasteiger partial charge on any atom is -0.349 e. The number of carbonyl (C=O) groups is 2. The highest BCUT2D eigenvalue weighted by molar-refractivity contribution is 7.99. The van der Waals surface area contributed by atoms with Gasteiger partial charge < -0.3 is 16.0 Å². The van der Waals surface area contributed by atoms with Crippen molar-refractivity contribution in [3.05, 3.63) is 65.7 Å². The average molecular weight is 440 g/mol. The van der Waals surface area contributed by atoms with E-state index in [2.05, 4.69) is 43.6 Å². The Morgan fingerprint density at radius 1 is 0.968 bits per heavy atom. The van der Waals surface area contributed by atoms with Crippen molar-refractivity contribution in [3.63, 3.8) is 0 Å². The summed E-state index contributed by atoms with van der Waals surface area (Å²) in [7, 11) is 0. The van der Waals surface area contributed by atoms with E-state index in [1.807, 2.05) is 54.6 Å². The van der Waals surface area contributed by atoms with Gasteiger partial charge in [0.05, 0.1) is 5.75 Å². The van der Waals surface area contributed by atoms with Crippen LogP contribution in [0, 0.1) is 0 Å². The summed E-state index contributed by atoms with van der Waals surface area (Å²) >= 11 is 1.56. The normalized spacial score (nSPS) is 17.7. The average Bonchev–Trinajstić information content (AvgIpc) is 2.66. The summed E-state index contributed by atoms with van der Waals surface area (Å²) < 4.78 is 0. The molecule has 1 aliphatic rings. The van der Waals surface area contributed by atoms with Crippen LogP contribution in [0.2, 0.25) is 0 Å². The summed E-state index contributed by atoms with van der Waals surface area (Å²) in [5, 5.41) is 9.74. The van der Waals surface area contributed by atoms with E-state index in [9.17, 15) is 9.59 Å². The lowest BCUT2D eigenvalue weighted by molar-refractivity contribution is -0.113. The molecule has 0 aromatic heterocycles. The Balaban J connectivity index is 1.46. The standard InChI is InChI=1S/C25H33N3O2S/c1-24(2)14-21(15-25(3,4)28-24)27-23(30)19-12-10-18(11-13-19)16-31-17-22(29)26-20-8-6-5-7-9-20/h5-13,21,28H,14-17H2,1-4H3,(H,26,29)(H,27,30). The zero-order valence-electron chi connectivity index (χ0n) is 18.8. The van der Waals surface area contributed by atoms with E-state index < -0.39 is 0 Å². The molecular weight excluding hydrogens is 406 g/mol. The van der Waals surface area contributed by atoms with Crippen LogP contribution >= 0.6 is 11.8 Å². The maximum absolute atomic E-state index is 12.7. The number of nitrogens with one attached hydrogen (secondary N) is 3. The Labute approximate surface area is 189 Å². The molecule has 1 saturated heterocycles. The highest BCUT2D eigenvalue weighted by atomic mass is 32.2. The number of thioether (sulfide) groups is 1. The van der Waals surface area contributed by atoms with Crippen LogP contribution in [0.25, 0.3) is 0 Å². The number of piperidine rings is 1. The highest BCUT2D eigenvalue weighted by Crippen LogP contribution is 2.28. The third-order valence-electron chi connectivity index (χ3n) is 5.30. The monoisotopic (exact) mass is 439 g/mol. The van der Waals surface area contributed by atoms with Gasteiger partial charge in [0.2, 0.25) is 5.91 Å². The molecular formula is C25H33N3O2S. The first-order valence-corrected chi connectivity index (χ1v) is 11.9. The molecule has 1 fully saturated rings. The fourth-order valence-corrected chi connectivity index (χ4v) is 5.21. The maximum atomic E-state index is 12.7. The number of anilines is 1. The molecule has 6 heteroatoms. The van der Waals surface area contributed by atoms with E-state index in [1.54, 1.807) is 11.8 Å². The fourth-order valence-electron chi connectivity index (χ4n) is 4.43. The topological polar surface area (TPSA) is 70.2 Å². The first-order valence-electron chi connectivity index (χ1n) is 10.7. The van der Waals surface area contributed by atoms with E-state index in [1.165, 1.54) is 0 Å². The van der Waals surface area contributed by atoms with Gasteiger partial charge in [0.1, 0.15) is 0 Å². The molecule has 0 aliphatic carbocycles. The van der Waals surface area contributed by atoms with Crippen LogP contribution in [0.15, 0.2) is 54.6 Å². The van der Waals surface area contributed by atoms with Gasteiger partial charge >= 0.3 is 0 Å². The Morgan fingerprint density at radius 2 is 1.58 bits per heavy atom. The van der Waals surface area contributed by atoms with Gasteiger partial charge in [0, 0.05) is 34.1 Å². The summed E-state index contributed by atoms with van der Waals surface area (Å²) in [4.78, 5) is 24.8. The number of hydrogen-bond acceptors (Lipinski definition) is 4. The quantitative estimate of drug-likeness (QED) is 0.590. The molecule has 31 heavy (non-hydrogen) atoms. The summed E-state index contributed by atoms with van der Waals surface area (Å²) in [5.74, 6) is 1.07. The number of rotatable bonds is 7. The lowest BCUT2D eigenvalue weighted by Crippen LogP contribution is -2.62. The van der Waals surface area contributed by atoms with E-state index in [0.717, 1.165) is 29.8 Å². The highest BCUT2D eigenvalue weighted by Gasteiger charge is 2.38. The summed E-state index contributed by atoms with van der Waals surface area (Å²) in [5.41, 5.74) is 2.56. The largest absolute Gasteiger partial charge is 0.349 e. The number of amides is 2. The lowest BCUT2D eigenvalue weighted by Gasteiger charge is -2.46. The summed E-state index contributed by atoms with van der Waals surface area (Å²) in [6.07, 6.45) is 1.81. The van der Waals surface area contributed by atoms with Gasteiger partial charge in [-0.3, -0.25) is 9.59 Å². The molecule has 3 N–H and O–H groups in total. The van der Waals surface area contributed by atoms with Crippen LogP contribution in [0.1, 0.15) is 56.5 Å². The molecule has 0 bridgehead atoms. The molecule has 0 unspecified atom stereocenters. The van der Waals surface area contributed by atoms with Crippen LogP contribution in [0.5, 0.6) is 0 Å². The Bertz CT molecular complexity index is 879. The second-order valence-corrected chi connectivity index (χ2v) is 10.6. The van der Waals surface area contributed by atoms with Gasteiger partial charge in [-0.05, 0) is 70.4 Å². The third-order valence-corrected chi connectivity index (χ3v) is 6.30. The van der Waals surface area contributed by atoms with Crippen LogP contribution in [0.4, 0.5) is 5.69 Å². The molecule has 2 aromatic rings. The molecule has 0 radical (unpaired) electrons. The van der Waals surface area contributed by atoms with Gasteiger partial charge in [-0.1, -0.05) is 30.3 Å². The first-order chi connectivity index (χ1) is 14.6. The lowest BCUT2D eigenvalue weighted by atomic mass is 9.79. The van der Waals surface area contributed by atoms with E-state index >= 15 is 0 Å². The van der Waals surface area contributed by atoms with Crippen molar-refractivity contribution in [2.24, 2.45) is 0 Å². The second-order valence-electron chi connectivity index (χ2n) is 9.58. The minimum absolute atomic E-state index is 0.00637. The zero-order chi connectivity index (χ0) is 22.5. The van der Waals surface area contributed by atoms with Crippen LogP contribution in [-0.2, 0) is 10.5 Å². The van der Waals surface area contributed by atoms with Crippen molar-refractivity contribution in [1.29, 1.82) is 0 Å². The van der Waals surface area contributed by atoms with Gasteiger partial charge in [0.25, 0.3) is 5.91 Å². The van der Waals surface area contributed by atoms with Crippen molar-refractivity contribution < 1.29 is 9.59 Å². The fraction of sp³-hybridized carbons (Fsp3) is 0.440. The van der Waals surface area contributed by atoms with E-state index in [0.29, 0.717) is 11.3 Å². The van der Waals surface area contributed by atoms with Gasteiger partial charge in [-0.2, -0.15) is 0 Å². The molecule has 166 valence electrons. The SMILES string of the molecule is CC1(C)CC(NC(=O)c2ccc(CSCC(=O)Nc3ccccc3)cc2)CC(C)(C)N1. The van der Waals surface area contributed by atoms with Crippen LogP contribution in [-0.4, -0.2) is 34.7 Å². The molecule has 5 nitrogen and oxygen atoms in total. The molecule has 3 rings (SSSR count). The third kappa shape index (κ3) is 7.40. The molecule has 2 amide bonds. The van der Waals surface area contributed by atoms with Crippen LogP contribution in [0.3, 0.4) is 0 Å². The Hall–Kier alpha value is -2.31. The van der Waals surface area contributed by atoms with Crippen molar-refractivity contribution >= 4 is 29.3 Å². The summed E-state index contributed by atoms with van der Waals surface area (Å²) in [6.45, 7) is 8.72. The molecule has 0 spiro atoms. The van der Waals surface area contributed by atoms with Gasteiger partial charge in [0.15, 0.2) is 0 Å². The Kier molecular flexibility index (Phi) is 7.44. The molecule has 0 atom stereocenters.